The number of aromatic nitrogens is 2. The number of hydrogen-bond acceptors (Lipinski definition) is 3. The number of carbonyl (C=O) groups is 1. The molecule has 1 amide bonds. The Morgan fingerprint density at radius 3 is 2.87 bits per heavy atom. The van der Waals surface area contributed by atoms with Crippen LogP contribution < -0.4 is 4.90 Å². The number of amides is 1. The summed E-state index contributed by atoms with van der Waals surface area (Å²) < 4.78 is 15.6. The number of imidazole rings is 1. The first-order chi connectivity index (χ1) is 14.5. The molecular formula is C23H19ClFN3OS. The molecule has 0 radical (unpaired) electrons. The van der Waals surface area contributed by atoms with Crippen molar-refractivity contribution in [3.63, 3.8) is 0 Å². The predicted octanol–water partition coefficient (Wildman–Crippen LogP) is 5.77. The molecule has 30 heavy (non-hydrogen) atoms. The second-order valence-electron chi connectivity index (χ2n) is 7.61. The number of thiazole rings is 1. The van der Waals surface area contributed by atoms with Crippen LogP contribution in [0.4, 0.5) is 10.1 Å². The summed E-state index contributed by atoms with van der Waals surface area (Å²) in [7, 11) is 0. The average Bonchev–Trinajstić information content (AvgIpc) is 3.30. The number of fused-ring (bicyclic) bond motifs is 2. The molecule has 0 fully saturated rings. The van der Waals surface area contributed by atoms with Gasteiger partial charge in [0.05, 0.1) is 12.1 Å². The van der Waals surface area contributed by atoms with Crippen molar-refractivity contribution in [3.8, 4) is 11.3 Å². The average molecular weight is 440 g/mol. The van der Waals surface area contributed by atoms with Gasteiger partial charge in [0, 0.05) is 39.6 Å². The molecule has 7 heteroatoms. The molecule has 152 valence electrons. The summed E-state index contributed by atoms with van der Waals surface area (Å²) in [6.45, 7) is 2.04. The van der Waals surface area contributed by atoms with E-state index >= 15 is 0 Å². The second kappa shape index (κ2) is 7.52. The summed E-state index contributed by atoms with van der Waals surface area (Å²) in [5.74, 6) is -0.250. The first-order valence-corrected chi connectivity index (χ1v) is 11.1. The Balaban J connectivity index is 1.44. The zero-order chi connectivity index (χ0) is 20.8. The molecule has 0 saturated heterocycles. The van der Waals surface area contributed by atoms with Gasteiger partial charge in [0.15, 0.2) is 4.96 Å². The number of carbonyl (C=O) groups excluding carboxylic acids is 1. The van der Waals surface area contributed by atoms with Crippen molar-refractivity contribution in [1.29, 1.82) is 0 Å². The quantitative estimate of drug-likeness (QED) is 0.406. The van der Waals surface area contributed by atoms with Crippen LogP contribution in [0.15, 0.2) is 54.0 Å². The molecule has 2 aromatic heterocycles. The van der Waals surface area contributed by atoms with Crippen molar-refractivity contribution in [2.24, 2.45) is 0 Å². The van der Waals surface area contributed by atoms with Crippen molar-refractivity contribution < 1.29 is 9.18 Å². The van der Waals surface area contributed by atoms with Crippen LogP contribution in [0.25, 0.3) is 16.2 Å². The monoisotopic (exact) mass is 439 g/mol. The Morgan fingerprint density at radius 2 is 2.07 bits per heavy atom. The maximum atomic E-state index is 13.6. The van der Waals surface area contributed by atoms with Gasteiger partial charge in [0.1, 0.15) is 5.82 Å². The summed E-state index contributed by atoms with van der Waals surface area (Å²) in [5, 5.41) is 2.66. The van der Waals surface area contributed by atoms with Gasteiger partial charge in [-0.25, -0.2) is 9.37 Å². The number of halogens is 2. The second-order valence-corrected chi connectivity index (χ2v) is 8.89. The fraction of sp³-hybridized carbons (Fsp3) is 0.217. The number of rotatable bonds is 3. The zero-order valence-corrected chi connectivity index (χ0v) is 17.9. The van der Waals surface area contributed by atoms with Gasteiger partial charge in [-0.2, -0.15) is 0 Å². The highest BCUT2D eigenvalue weighted by Gasteiger charge is 2.29. The van der Waals surface area contributed by atoms with E-state index in [9.17, 15) is 9.18 Å². The summed E-state index contributed by atoms with van der Waals surface area (Å²) in [6, 6.07) is 12.3. The van der Waals surface area contributed by atoms with E-state index in [0.29, 0.717) is 5.02 Å². The molecule has 1 atom stereocenters. The van der Waals surface area contributed by atoms with Crippen molar-refractivity contribution in [1.82, 2.24) is 9.38 Å². The molecule has 0 saturated carbocycles. The van der Waals surface area contributed by atoms with Crippen LogP contribution in [0, 0.1) is 5.82 Å². The third-order valence-corrected chi connectivity index (χ3v) is 6.74. The van der Waals surface area contributed by atoms with E-state index in [4.69, 9.17) is 11.6 Å². The van der Waals surface area contributed by atoms with Crippen LogP contribution in [0.1, 0.15) is 24.6 Å². The molecule has 0 bridgehead atoms. The molecule has 0 aliphatic carbocycles. The Hall–Kier alpha value is -2.70. The summed E-state index contributed by atoms with van der Waals surface area (Å²) >= 11 is 7.50. The topological polar surface area (TPSA) is 37.6 Å². The molecule has 5 rings (SSSR count). The van der Waals surface area contributed by atoms with Crippen LogP contribution in [-0.4, -0.2) is 21.3 Å². The molecule has 1 aliphatic rings. The minimum atomic E-state index is -0.261. The Labute approximate surface area is 182 Å². The highest BCUT2D eigenvalue weighted by atomic mass is 35.5. The Morgan fingerprint density at radius 1 is 1.27 bits per heavy atom. The van der Waals surface area contributed by atoms with E-state index in [1.54, 1.807) is 12.1 Å². The fourth-order valence-corrected chi connectivity index (χ4v) is 5.06. The van der Waals surface area contributed by atoms with Gasteiger partial charge in [0.2, 0.25) is 5.91 Å². The first kappa shape index (κ1) is 19.3. The van der Waals surface area contributed by atoms with Crippen LogP contribution in [0.2, 0.25) is 5.02 Å². The van der Waals surface area contributed by atoms with Crippen molar-refractivity contribution in [2.45, 2.75) is 32.2 Å². The summed E-state index contributed by atoms with van der Waals surface area (Å²) in [5.41, 5.74) is 4.44. The number of hydrogen-bond donors (Lipinski definition) is 0. The van der Waals surface area contributed by atoms with E-state index in [1.807, 2.05) is 52.1 Å². The molecular weight excluding hydrogens is 421 g/mol. The van der Waals surface area contributed by atoms with E-state index in [1.165, 1.54) is 17.4 Å². The smallest absolute Gasteiger partial charge is 0.233 e. The van der Waals surface area contributed by atoms with Gasteiger partial charge >= 0.3 is 0 Å². The van der Waals surface area contributed by atoms with Crippen molar-refractivity contribution in [2.75, 3.05) is 4.90 Å². The fourth-order valence-electron chi connectivity index (χ4n) is 4.06. The van der Waals surface area contributed by atoms with Gasteiger partial charge < -0.3 is 4.90 Å². The van der Waals surface area contributed by atoms with Gasteiger partial charge in [-0.1, -0.05) is 23.7 Å². The molecule has 0 N–H and O–H groups in total. The number of aryl methyl sites for hydroxylation is 1. The van der Waals surface area contributed by atoms with Crippen LogP contribution in [0.5, 0.6) is 0 Å². The molecule has 2 aromatic carbocycles. The van der Waals surface area contributed by atoms with Gasteiger partial charge in [-0.05, 0) is 55.7 Å². The minimum Gasteiger partial charge on any atom is -0.309 e. The zero-order valence-electron chi connectivity index (χ0n) is 16.3. The SMILES string of the molecule is CC1CCc2cc(F)ccc2N1C(=O)Cc1csc2nc(-c3ccc(Cl)cc3)cn12. The number of anilines is 1. The first-order valence-electron chi connectivity index (χ1n) is 9.81. The number of nitrogens with zero attached hydrogens (tertiary/aromatic N) is 3. The van der Waals surface area contributed by atoms with Gasteiger partial charge in [-0.3, -0.25) is 9.20 Å². The third kappa shape index (κ3) is 3.40. The summed E-state index contributed by atoms with van der Waals surface area (Å²) in [6.07, 6.45) is 3.83. The van der Waals surface area contributed by atoms with Crippen molar-refractivity contribution in [3.05, 3.63) is 76.1 Å². The molecule has 4 nitrogen and oxygen atoms in total. The van der Waals surface area contributed by atoms with Gasteiger partial charge in [0.25, 0.3) is 0 Å². The van der Waals surface area contributed by atoms with E-state index in [-0.39, 0.29) is 24.2 Å². The van der Waals surface area contributed by atoms with Crippen LogP contribution in [-0.2, 0) is 17.6 Å². The predicted molar refractivity (Wildman–Crippen MR) is 119 cm³/mol. The molecule has 1 unspecified atom stereocenters. The minimum absolute atomic E-state index is 0.0106. The lowest BCUT2D eigenvalue weighted by Crippen LogP contribution is -2.43. The maximum absolute atomic E-state index is 13.6. The lowest BCUT2D eigenvalue weighted by atomic mass is 9.96. The van der Waals surface area contributed by atoms with Gasteiger partial charge in [-0.15, -0.1) is 11.3 Å². The Kier molecular flexibility index (Phi) is 4.83. The van der Waals surface area contributed by atoms with Crippen LogP contribution >= 0.6 is 22.9 Å². The standard InChI is InChI=1S/C23H19ClFN3OS/c1-14-2-3-16-10-18(25)8-9-21(16)28(14)22(29)11-19-13-30-23-26-20(12-27(19)23)15-4-6-17(24)7-5-15/h4-10,12-14H,2-3,11H2,1H3. The maximum Gasteiger partial charge on any atom is 0.233 e. The van der Waals surface area contributed by atoms with E-state index < -0.39 is 0 Å². The highest BCUT2D eigenvalue weighted by molar-refractivity contribution is 7.15. The number of benzene rings is 2. The third-order valence-electron chi connectivity index (χ3n) is 5.60. The largest absolute Gasteiger partial charge is 0.309 e. The molecule has 4 aromatic rings. The molecule has 0 spiro atoms. The molecule has 3 heterocycles. The lowest BCUT2D eigenvalue weighted by Gasteiger charge is -2.35. The van der Waals surface area contributed by atoms with Crippen molar-refractivity contribution >= 4 is 39.5 Å². The molecule has 1 aliphatic heterocycles. The van der Waals surface area contributed by atoms with E-state index in [2.05, 4.69) is 4.98 Å². The summed E-state index contributed by atoms with van der Waals surface area (Å²) in [4.78, 5) is 20.6. The van der Waals surface area contributed by atoms with E-state index in [0.717, 1.165) is 46.0 Å². The lowest BCUT2D eigenvalue weighted by molar-refractivity contribution is -0.118. The van der Waals surface area contributed by atoms with Crippen LogP contribution in [0.3, 0.4) is 0 Å². The Bertz CT molecular complexity index is 1250. The normalized spacial score (nSPS) is 16.1. The highest BCUT2D eigenvalue weighted by Crippen LogP contribution is 2.32.